The van der Waals surface area contributed by atoms with E-state index in [0.29, 0.717) is 17.5 Å². The third-order valence-corrected chi connectivity index (χ3v) is 2.67. The predicted molar refractivity (Wildman–Crippen MR) is 51.2 cm³/mol. The van der Waals surface area contributed by atoms with Gasteiger partial charge in [0.1, 0.15) is 5.25 Å². The van der Waals surface area contributed by atoms with Gasteiger partial charge in [-0.05, 0) is 6.42 Å². The molecule has 0 amide bonds. The zero-order chi connectivity index (χ0) is 10.6. The Labute approximate surface area is 85.9 Å². The fourth-order valence-electron chi connectivity index (χ4n) is 0.943. The number of carbonyl (C=O) groups is 1. The molecule has 1 N–H and O–H groups in total. The third-order valence-electron chi connectivity index (χ3n) is 1.58. The van der Waals surface area contributed by atoms with Gasteiger partial charge in [0.2, 0.25) is 5.89 Å². The highest BCUT2D eigenvalue weighted by Crippen LogP contribution is 2.24. The molecule has 1 aromatic rings. The third kappa shape index (κ3) is 3.02. The molecule has 0 aliphatic heterocycles. The van der Waals surface area contributed by atoms with E-state index in [2.05, 4.69) is 10.2 Å². The van der Waals surface area contributed by atoms with Crippen molar-refractivity contribution in [2.45, 2.75) is 37.2 Å². The van der Waals surface area contributed by atoms with Crippen LogP contribution >= 0.6 is 11.8 Å². The minimum Gasteiger partial charge on any atom is -0.480 e. The minimum atomic E-state index is -0.840. The number of aliphatic carboxylic acids is 1. The first kappa shape index (κ1) is 11.0. The summed E-state index contributed by atoms with van der Waals surface area (Å²) in [7, 11) is 0. The summed E-state index contributed by atoms with van der Waals surface area (Å²) in [6, 6.07) is 0. The standard InChI is InChI=1S/C8H12N2O3S/c1-3-4-6(7(11)12)14-8-10-9-5(2)13-8/h6H,3-4H2,1-2H3,(H,11,12). The molecular weight excluding hydrogens is 204 g/mol. The molecule has 1 atom stereocenters. The van der Waals surface area contributed by atoms with Crippen molar-refractivity contribution >= 4 is 17.7 Å². The zero-order valence-electron chi connectivity index (χ0n) is 8.06. The quantitative estimate of drug-likeness (QED) is 0.755. The SMILES string of the molecule is CCCC(Sc1nnc(C)o1)C(=O)O. The smallest absolute Gasteiger partial charge is 0.317 e. The summed E-state index contributed by atoms with van der Waals surface area (Å²) in [6.45, 7) is 3.61. The molecule has 0 radical (unpaired) electrons. The van der Waals surface area contributed by atoms with Gasteiger partial charge < -0.3 is 9.52 Å². The Morgan fingerprint density at radius 2 is 2.36 bits per heavy atom. The van der Waals surface area contributed by atoms with Crippen LogP contribution in [-0.4, -0.2) is 26.5 Å². The van der Waals surface area contributed by atoms with Crippen molar-refractivity contribution in [3.05, 3.63) is 5.89 Å². The summed E-state index contributed by atoms with van der Waals surface area (Å²) >= 11 is 1.10. The van der Waals surface area contributed by atoms with Gasteiger partial charge in [-0.15, -0.1) is 10.2 Å². The summed E-state index contributed by atoms with van der Waals surface area (Å²) in [5.41, 5.74) is 0. The summed E-state index contributed by atoms with van der Waals surface area (Å²) < 4.78 is 5.09. The maximum absolute atomic E-state index is 10.8. The topological polar surface area (TPSA) is 76.2 Å². The first-order valence-corrected chi connectivity index (χ1v) is 5.21. The van der Waals surface area contributed by atoms with E-state index < -0.39 is 11.2 Å². The van der Waals surface area contributed by atoms with Crippen molar-refractivity contribution in [3.8, 4) is 0 Å². The normalized spacial score (nSPS) is 12.7. The molecule has 14 heavy (non-hydrogen) atoms. The number of hydrogen-bond donors (Lipinski definition) is 1. The fraction of sp³-hybridized carbons (Fsp3) is 0.625. The second-order valence-electron chi connectivity index (χ2n) is 2.82. The molecular formula is C8H12N2O3S. The van der Waals surface area contributed by atoms with Gasteiger partial charge in [0.05, 0.1) is 0 Å². The molecule has 0 bridgehead atoms. The zero-order valence-corrected chi connectivity index (χ0v) is 8.87. The van der Waals surface area contributed by atoms with Crippen molar-refractivity contribution in [1.29, 1.82) is 0 Å². The lowest BCUT2D eigenvalue weighted by molar-refractivity contribution is -0.136. The first-order chi connectivity index (χ1) is 6.63. The van der Waals surface area contributed by atoms with E-state index in [-0.39, 0.29) is 0 Å². The first-order valence-electron chi connectivity index (χ1n) is 4.33. The molecule has 78 valence electrons. The lowest BCUT2D eigenvalue weighted by atomic mass is 10.2. The van der Waals surface area contributed by atoms with Gasteiger partial charge in [-0.1, -0.05) is 25.1 Å². The molecule has 0 spiro atoms. The van der Waals surface area contributed by atoms with Gasteiger partial charge >= 0.3 is 5.97 Å². The van der Waals surface area contributed by atoms with Gasteiger partial charge in [0, 0.05) is 6.92 Å². The van der Waals surface area contributed by atoms with Crippen molar-refractivity contribution in [2.24, 2.45) is 0 Å². The summed E-state index contributed by atoms with van der Waals surface area (Å²) in [5, 5.41) is 16.0. The number of aromatic nitrogens is 2. The Balaban J connectivity index is 2.59. The van der Waals surface area contributed by atoms with Crippen LogP contribution < -0.4 is 0 Å². The predicted octanol–water partition coefficient (Wildman–Crippen LogP) is 1.72. The number of hydrogen-bond acceptors (Lipinski definition) is 5. The van der Waals surface area contributed by atoms with E-state index in [9.17, 15) is 4.79 Å². The van der Waals surface area contributed by atoms with E-state index in [1.54, 1.807) is 6.92 Å². The minimum absolute atomic E-state index is 0.323. The average Bonchev–Trinajstić information content (AvgIpc) is 2.50. The summed E-state index contributed by atoms with van der Waals surface area (Å²) in [5.74, 6) is -0.388. The van der Waals surface area contributed by atoms with Crippen LogP contribution in [0.4, 0.5) is 0 Å². The average molecular weight is 216 g/mol. The fourth-order valence-corrected chi connectivity index (χ4v) is 1.90. The molecule has 1 heterocycles. The largest absolute Gasteiger partial charge is 0.480 e. The van der Waals surface area contributed by atoms with Gasteiger partial charge in [-0.2, -0.15) is 0 Å². The highest BCUT2D eigenvalue weighted by atomic mass is 32.2. The Bertz CT molecular complexity index is 313. The number of carboxylic acids is 1. The van der Waals surface area contributed by atoms with Crippen LogP contribution in [-0.2, 0) is 4.79 Å². The Morgan fingerprint density at radius 3 is 2.79 bits per heavy atom. The van der Waals surface area contributed by atoms with Crippen LogP contribution in [0.25, 0.3) is 0 Å². The monoisotopic (exact) mass is 216 g/mol. The Kier molecular flexibility index (Phi) is 3.94. The molecule has 1 rings (SSSR count). The second kappa shape index (κ2) is 4.99. The molecule has 6 heteroatoms. The van der Waals surface area contributed by atoms with Crippen LogP contribution in [0.1, 0.15) is 25.7 Å². The number of aryl methyl sites for hydroxylation is 1. The highest BCUT2D eigenvalue weighted by molar-refractivity contribution is 8.00. The molecule has 1 aromatic heterocycles. The Morgan fingerprint density at radius 1 is 1.64 bits per heavy atom. The number of rotatable bonds is 5. The van der Waals surface area contributed by atoms with Crippen molar-refractivity contribution in [1.82, 2.24) is 10.2 Å². The molecule has 1 unspecified atom stereocenters. The van der Waals surface area contributed by atoms with Gasteiger partial charge in [-0.3, -0.25) is 4.79 Å². The second-order valence-corrected chi connectivity index (χ2v) is 3.97. The molecule has 0 aromatic carbocycles. The lowest BCUT2D eigenvalue weighted by Gasteiger charge is -2.06. The van der Waals surface area contributed by atoms with Crippen LogP contribution in [0.2, 0.25) is 0 Å². The van der Waals surface area contributed by atoms with Crippen LogP contribution in [0.15, 0.2) is 9.64 Å². The molecule has 5 nitrogen and oxygen atoms in total. The summed E-state index contributed by atoms with van der Waals surface area (Å²) in [4.78, 5) is 10.8. The number of nitrogens with zero attached hydrogens (tertiary/aromatic N) is 2. The molecule has 0 saturated heterocycles. The lowest BCUT2D eigenvalue weighted by Crippen LogP contribution is -2.15. The van der Waals surface area contributed by atoms with Crippen LogP contribution in [0.5, 0.6) is 0 Å². The Hall–Kier alpha value is -1.04. The molecule has 0 saturated carbocycles. The van der Waals surface area contributed by atoms with E-state index in [1.165, 1.54) is 0 Å². The highest BCUT2D eigenvalue weighted by Gasteiger charge is 2.20. The molecule has 0 aliphatic carbocycles. The molecule has 0 aliphatic rings. The van der Waals surface area contributed by atoms with Crippen molar-refractivity contribution < 1.29 is 14.3 Å². The van der Waals surface area contributed by atoms with Crippen LogP contribution in [0, 0.1) is 6.92 Å². The van der Waals surface area contributed by atoms with E-state index in [1.807, 2.05) is 6.92 Å². The maximum Gasteiger partial charge on any atom is 0.317 e. The number of thioether (sulfide) groups is 1. The molecule has 0 fully saturated rings. The van der Waals surface area contributed by atoms with Crippen LogP contribution in [0.3, 0.4) is 0 Å². The van der Waals surface area contributed by atoms with Crippen molar-refractivity contribution in [2.75, 3.05) is 0 Å². The van der Waals surface area contributed by atoms with E-state index >= 15 is 0 Å². The van der Waals surface area contributed by atoms with Gasteiger partial charge in [-0.25, -0.2) is 0 Å². The maximum atomic E-state index is 10.8. The van der Waals surface area contributed by atoms with Gasteiger partial charge in [0.25, 0.3) is 5.22 Å². The summed E-state index contributed by atoms with van der Waals surface area (Å²) in [6.07, 6.45) is 1.42. The number of carboxylic acid groups (broad SMARTS) is 1. The van der Waals surface area contributed by atoms with Gasteiger partial charge in [0.15, 0.2) is 0 Å². The van der Waals surface area contributed by atoms with E-state index in [4.69, 9.17) is 9.52 Å². The van der Waals surface area contributed by atoms with E-state index in [0.717, 1.165) is 18.2 Å². The van der Waals surface area contributed by atoms with Crippen molar-refractivity contribution in [3.63, 3.8) is 0 Å².